The van der Waals surface area contributed by atoms with Crippen molar-refractivity contribution in [2.24, 2.45) is 0 Å². The number of aryl methyl sites for hydroxylation is 1. The van der Waals surface area contributed by atoms with Crippen LogP contribution in [0.5, 0.6) is 0 Å². The highest BCUT2D eigenvalue weighted by molar-refractivity contribution is 6.32. The van der Waals surface area contributed by atoms with Gasteiger partial charge in [-0.25, -0.2) is 9.59 Å². The van der Waals surface area contributed by atoms with Crippen molar-refractivity contribution in [2.45, 2.75) is 19.4 Å². The average Bonchev–Trinajstić information content (AvgIpc) is 2.49. The molecule has 0 radical (unpaired) electrons. The molecular formula is C18H17ClN2O3. The Kier molecular flexibility index (Phi) is 4.44. The average molecular weight is 345 g/mol. The summed E-state index contributed by atoms with van der Waals surface area (Å²) < 4.78 is 0. The number of carboxylic acids is 1. The first kappa shape index (κ1) is 16.3. The number of hydrogen-bond donors (Lipinski definition) is 2. The fourth-order valence-corrected chi connectivity index (χ4v) is 2.88. The van der Waals surface area contributed by atoms with Crippen molar-refractivity contribution in [3.63, 3.8) is 0 Å². The van der Waals surface area contributed by atoms with Crippen molar-refractivity contribution in [2.75, 3.05) is 11.9 Å². The van der Waals surface area contributed by atoms with E-state index in [4.69, 9.17) is 16.7 Å². The van der Waals surface area contributed by atoms with Gasteiger partial charge in [0.05, 0.1) is 5.69 Å². The number of hydrogen-bond acceptors (Lipinski definition) is 2. The Hall–Kier alpha value is -2.53. The lowest BCUT2D eigenvalue weighted by molar-refractivity contribution is -0.145. The zero-order valence-electron chi connectivity index (χ0n) is 13.1. The van der Waals surface area contributed by atoms with Gasteiger partial charge in [0.25, 0.3) is 0 Å². The van der Waals surface area contributed by atoms with E-state index in [1.807, 2.05) is 43.3 Å². The van der Waals surface area contributed by atoms with Crippen LogP contribution in [0, 0.1) is 6.92 Å². The minimum absolute atomic E-state index is 0.425. The third kappa shape index (κ3) is 3.08. The maximum atomic E-state index is 12.4. The molecule has 0 aliphatic carbocycles. The normalized spacial score (nSPS) is 16.4. The molecule has 2 aromatic carbocycles. The molecule has 1 aliphatic rings. The first-order valence-electron chi connectivity index (χ1n) is 7.63. The predicted molar refractivity (Wildman–Crippen MR) is 93.4 cm³/mol. The molecular weight excluding hydrogens is 328 g/mol. The van der Waals surface area contributed by atoms with E-state index >= 15 is 0 Å². The number of aliphatic carboxylic acids is 1. The lowest BCUT2D eigenvalue weighted by Crippen LogP contribution is -2.56. The van der Waals surface area contributed by atoms with Crippen LogP contribution >= 0.6 is 11.6 Å². The fourth-order valence-electron chi connectivity index (χ4n) is 2.72. The summed E-state index contributed by atoms with van der Waals surface area (Å²) in [7, 11) is 0. The number of nitrogens with one attached hydrogen (secondary N) is 1. The summed E-state index contributed by atoms with van der Waals surface area (Å²) >= 11 is 6.20. The molecule has 1 heterocycles. The Morgan fingerprint density at radius 1 is 1.25 bits per heavy atom. The molecule has 1 unspecified atom stereocenters. The topological polar surface area (TPSA) is 69.6 Å². The summed E-state index contributed by atoms with van der Waals surface area (Å²) in [4.78, 5) is 24.8. The van der Waals surface area contributed by atoms with E-state index in [0.29, 0.717) is 23.7 Å². The lowest BCUT2D eigenvalue weighted by Gasteiger charge is -2.37. The highest BCUT2D eigenvalue weighted by atomic mass is 35.5. The summed E-state index contributed by atoms with van der Waals surface area (Å²) in [6, 6.07) is 12.1. The van der Waals surface area contributed by atoms with Crippen LogP contribution in [0.25, 0.3) is 11.1 Å². The number of rotatable bonds is 3. The number of carbonyl (C=O) groups is 2. The third-order valence-electron chi connectivity index (χ3n) is 4.19. The molecule has 2 aromatic rings. The number of carboxylic acid groups (broad SMARTS) is 1. The van der Waals surface area contributed by atoms with E-state index in [2.05, 4.69) is 5.32 Å². The number of carbonyl (C=O) groups excluding carboxylic acids is 1. The molecule has 1 atom stereocenters. The zero-order chi connectivity index (χ0) is 17.3. The van der Waals surface area contributed by atoms with Crippen molar-refractivity contribution >= 4 is 29.3 Å². The van der Waals surface area contributed by atoms with Crippen LogP contribution in [-0.2, 0) is 4.79 Å². The maximum absolute atomic E-state index is 12.4. The van der Waals surface area contributed by atoms with E-state index in [-0.39, 0.29) is 0 Å². The van der Waals surface area contributed by atoms with Crippen molar-refractivity contribution < 1.29 is 14.7 Å². The van der Waals surface area contributed by atoms with Crippen molar-refractivity contribution in [1.29, 1.82) is 0 Å². The van der Waals surface area contributed by atoms with E-state index in [9.17, 15) is 9.59 Å². The predicted octanol–water partition coefficient (Wildman–Crippen LogP) is 4.01. The van der Waals surface area contributed by atoms with Crippen molar-refractivity contribution in [3.05, 3.63) is 53.1 Å². The van der Waals surface area contributed by atoms with E-state index < -0.39 is 18.0 Å². The number of likely N-dealkylation sites (tertiary alicyclic amines) is 1. The molecule has 24 heavy (non-hydrogen) atoms. The van der Waals surface area contributed by atoms with Crippen molar-refractivity contribution in [1.82, 2.24) is 4.90 Å². The van der Waals surface area contributed by atoms with E-state index in [0.717, 1.165) is 16.7 Å². The molecule has 0 saturated carbocycles. The highest BCUT2D eigenvalue weighted by Crippen LogP contribution is 2.33. The molecule has 5 nitrogen and oxygen atoms in total. The number of halogens is 1. The first-order valence-corrected chi connectivity index (χ1v) is 8.01. The lowest BCUT2D eigenvalue weighted by atomic mass is 10.0. The minimum atomic E-state index is -0.985. The van der Waals surface area contributed by atoms with Gasteiger partial charge in [-0.2, -0.15) is 0 Å². The Labute approximate surface area is 144 Å². The monoisotopic (exact) mass is 344 g/mol. The summed E-state index contributed by atoms with van der Waals surface area (Å²) in [5.41, 5.74) is 3.27. The molecule has 1 fully saturated rings. The van der Waals surface area contributed by atoms with Crippen LogP contribution in [0.1, 0.15) is 12.0 Å². The smallest absolute Gasteiger partial charge is 0.326 e. The summed E-state index contributed by atoms with van der Waals surface area (Å²) in [6.45, 7) is 2.33. The van der Waals surface area contributed by atoms with Crippen LogP contribution in [-0.4, -0.2) is 34.6 Å². The summed E-state index contributed by atoms with van der Waals surface area (Å²) in [6.07, 6.45) is 0.475. The van der Waals surface area contributed by atoms with E-state index in [1.54, 1.807) is 6.07 Å². The molecule has 2 N–H and O–H groups in total. The SMILES string of the molecule is Cc1cc(-c2ccccc2)c(NC(=O)N2CCC2C(=O)O)cc1Cl. The molecule has 2 amide bonds. The van der Waals surface area contributed by atoms with E-state index in [1.165, 1.54) is 4.90 Å². The Balaban J connectivity index is 1.91. The second-order valence-electron chi connectivity index (χ2n) is 5.78. The van der Waals surface area contributed by atoms with Gasteiger partial charge in [-0.15, -0.1) is 0 Å². The summed E-state index contributed by atoms with van der Waals surface area (Å²) in [5, 5.41) is 12.4. The van der Waals surface area contributed by atoms with Gasteiger partial charge in [-0.3, -0.25) is 0 Å². The van der Waals surface area contributed by atoms with Crippen molar-refractivity contribution in [3.8, 4) is 11.1 Å². The third-order valence-corrected chi connectivity index (χ3v) is 4.60. The summed E-state index contributed by atoms with van der Waals surface area (Å²) in [5.74, 6) is -0.985. The first-order chi connectivity index (χ1) is 11.5. The molecule has 0 bridgehead atoms. The van der Waals surface area contributed by atoms with Gasteiger partial charge < -0.3 is 15.3 Å². The molecule has 1 saturated heterocycles. The van der Waals surface area contributed by atoms with Crippen LogP contribution in [0.15, 0.2) is 42.5 Å². The number of amides is 2. The van der Waals surface area contributed by atoms with Gasteiger partial charge in [0.15, 0.2) is 0 Å². The molecule has 6 heteroatoms. The number of urea groups is 1. The molecule has 3 rings (SSSR count). The van der Waals surface area contributed by atoms with Gasteiger partial charge in [0.2, 0.25) is 0 Å². The molecule has 0 spiro atoms. The molecule has 124 valence electrons. The minimum Gasteiger partial charge on any atom is -0.480 e. The second-order valence-corrected chi connectivity index (χ2v) is 6.19. The van der Waals surface area contributed by atoms with Crippen LogP contribution in [0.2, 0.25) is 5.02 Å². The fraction of sp³-hybridized carbons (Fsp3) is 0.222. The number of benzene rings is 2. The number of nitrogens with zero attached hydrogens (tertiary/aromatic N) is 1. The van der Waals surface area contributed by atoms with Gasteiger partial charge in [-0.05, 0) is 36.6 Å². The Bertz CT molecular complexity index is 792. The Morgan fingerprint density at radius 3 is 2.54 bits per heavy atom. The van der Waals surface area contributed by atoms with Gasteiger partial charge in [0, 0.05) is 17.1 Å². The zero-order valence-corrected chi connectivity index (χ0v) is 13.9. The number of anilines is 1. The maximum Gasteiger partial charge on any atom is 0.326 e. The van der Waals surface area contributed by atoms with Gasteiger partial charge in [-0.1, -0.05) is 41.9 Å². The van der Waals surface area contributed by atoms with Crippen LogP contribution < -0.4 is 5.32 Å². The molecule has 0 aromatic heterocycles. The second kappa shape index (κ2) is 6.53. The van der Waals surface area contributed by atoms with Crippen LogP contribution in [0.4, 0.5) is 10.5 Å². The quantitative estimate of drug-likeness (QED) is 0.884. The Morgan fingerprint density at radius 2 is 1.96 bits per heavy atom. The van der Waals surface area contributed by atoms with Gasteiger partial charge >= 0.3 is 12.0 Å². The highest BCUT2D eigenvalue weighted by Gasteiger charge is 2.37. The van der Waals surface area contributed by atoms with Crippen LogP contribution in [0.3, 0.4) is 0 Å². The van der Waals surface area contributed by atoms with Gasteiger partial charge in [0.1, 0.15) is 6.04 Å². The standard InChI is InChI=1S/C18H17ClN2O3/c1-11-9-13(12-5-3-2-4-6-12)15(10-14(11)19)20-18(24)21-8-7-16(21)17(22)23/h2-6,9-10,16H,7-8H2,1H3,(H,20,24)(H,22,23). The molecule has 1 aliphatic heterocycles. The largest absolute Gasteiger partial charge is 0.480 e.